The van der Waals surface area contributed by atoms with Gasteiger partial charge in [-0.2, -0.15) is 11.8 Å². The van der Waals surface area contributed by atoms with Gasteiger partial charge in [-0.25, -0.2) is 13.4 Å². The van der Waals surface area contributed by atoms with Gasteiger partial charge in [-0.15, -0.1) is 17.9 Å². The molecule has 0 aromatic carbocycles. The molecule has 158 valence electrons. The summed E-state index contributed by atoms with van der Waals surface area (Å²) in [4.78, 5) is 11.7. The summed E-state index contributed by atoms with van der Waals surface area (Å²) in [6.07, 6.45) is 5.86. The van der Waals surface area contributed by atoms with E-state index in [1.54, 1.807) is 29.2 Å². The maximum absolute atomic E-state index is 12.1. The third-order valence-electron chi connectivity index (χ3n) is 4.49. The Morgan fingerprint density at radius 3 is 2.89 bits per heavy atom. The third kappa shape index (κ3) is 7.85. The first-order valence-electron chi connectivity index (χ1n) is 9.75. The van der Waals surface area contributed by atoms with Crippen LogP contribution in [0.1, 0.15) is 36.9 Å². The summed E-state index contributed by atoms with van der Waals surface area (Å²) in [7, 11) is -3.23. The molecular formula is C19H32N4O2S3. The highest BCUT2D eigenvalue weighted by Gasteiger charge is 2.25. The minimum absolute atomic E-state index is 0.371. The number of aliphatic imine (C=N–C) groups is 1. The predicted molar refractivity (Wildman–Crippen MR) is 122 cm³/mol. The number of allylic oxidation sites excluding steroid dienone is 1. The van der Waals surface area contributed by atoms with Crippen molar-refractivity contribution >= 4 is 38.8 Å². The lowest BCUT2D eigenvalue weighted by Crippen LogP contribution is -2.39. The van der Waals surface area contributed by atoms with Crippen molar-refractivity contribution in [2.24, 2.45) is 4.99 Å². The Kier molecular flexibility index (Phi) is 9.98. The summed E-state index contributed by atoms with van der Waals surface area (Å²) in [6, 6.07) is 0. The lowest BCUT2D eigenvalue weighted by molar-refractivity contribution is 0.330. The number of thiazole rings is 1. The Morgan fingerprint density at radius 2 is 2.25 bits per heavy atom. The number of aromatic nitrogens is 1. The molecule has 28 heavy (non-hydrogen) atoms. The van der Waals surface area contributed by atoms with Crippen molar-refractivity contribution < 1.29 is 8.42 Å². The molecule has 1 atom stereocenters. The first-order valence-corrected chi connectivity index (χ1v) is 13.7. The van der Waals surface area contributed by atoms with Crippen LogP contribution in [-0.4, -0.2) is 67.6 Å². The number of rotatable bonds is 12. The fourth-order valence-corrected chi connectivity index (χ4v) is 5.83. The van der Waals surface area contributed by atoms with Crippen LogP contribution >= 0.6 is 23.1 Å². The largest absolute Gasteiger partial charge is 0.373 e. The Balaban J connectivity index is 1.80. The van der Waals surface area contributed by atoms with Crippen molar-refractivity contribution in [3.63, 3.8) is 0 Å². The molecule has 1 aromatic rings. The SMILES string of the molecule is C=CCC(C(=NCCSCc1csc(CN2CCCC2)n1)NCC)S(C)(=O)=O. The molecule has 0 radical (unpaired) electrons. The van der Waals surface area contributed by atoms with Crippen molar-refractivity contribution in [2.45, 2.75) is 43.7 Å². The minimum Gasteiger partial charge on any atom is -0.373 e. The number of amidine groups is 1. The summed E-state index contributed by atoms with van der Waals surface area (Å²) in [5.74, 6) is 2.25. The first kappa shape index (κ1) is 23.4. The molecular weight excluding hydrogens is 412 g/mol. The number of sulfone groups is 1. The molecule has 0 bridgehead atoms. The molecule has 1 unspecified atom stereocenters. The molecule has 6 nitrogen and oxygen atoms in total. The summed E-state index contributed by atoms with van der Waals surface area (Å²) in [6.45, 7) is 10.2. The van der Waals surface area contributed by atoms with Crippen molar-refractivity contribution in [1.82, 2.24) is 15.2 Å². The summed E-state index contributed by atoms with van der Waals surface area (Å²) in [5, 5.41) is 5.83. The van der Waals surface area contributed by atoms with Crippen molar-refractivity contribution in [3.8, 4) is 0 Å². The number of likely N-dealkylation sites (tertiary alicyclic amines) is 1. The lowest BCUT2D eigenvalue weighted by atomic mass is 10.2. The highest BCUT2D eigenvalue weighted by Crippen LogP contribution is 2.19. The molecule has 1 aliphatic heterocycles. The van der Waals surface area contributed by atoms with E-state index in [0.29, 0.717) is 25.3 Å². The van der Waals surface area contributed by atoms with E-state index < -0.39 is 15.1 Å². The van der Waals surface area contributed by atoms with Gasteiger partial charge in [0, 0.05) is 29.7 Å². The molecule has 0 amide bonds. The van der Waals surface area contributed by atoms with Crippen LogP contribution in [-0.2, 0) is 22.1 Å². The molecule has 2 heterocycles. The highest BCUT2D eigenvalue weighted by molar-refractivity contribution is 7.98. The Labute approximate surface area is 177 Å². The van der Waals surface area contributed by atoms with Gasteiger partial charge in [0.1, 0.15) is 16.1 Å². The Morgan fingerprint density at radius 1 is 1.50 bits per heavy atom. The lowest BCUT2D eigenvalue weighted by Gasteiger charge is -2.17. The van der Waals surface area contributed by atoms with Gasteiger partial charge in [-0.1, -0.05) is 6.08 Å². The first-order chi connectivity index (χ1) is 13.4. The average Bonchev–Trinajstić information content (AvgIpc) is 3.30. The predicted octanol–water partition coefficient (Wildman–Crippen LogP) is 2.97. The summed E-state index contributed by atoms with van der Waals surface area (Å²) >= 11 is 3.53. The van der Waals surface area contributed by atoms with E-state index in [2.05, 4.69) is 27.2 Å². The second kappa shape index (κ2) is 11.9. The van der Waals surface area contributed by atoms with Crippen LogP contribution in [0.5, 0.6) is 0 Å². The van der Waals surface area contributed by atoms with Crippen LogP contribution in [0.25, 0.3) is 0 Å². The van der Waals surface area contributed by atoms with Gasteiger partial charge in [0.25, 0.3) is 0 Å². The number of hydrogen-bond acceptors (Lipinski definition) is 7. The molecule has 0 spiro atoms. The van der Waals surface area contributed by atoms with Crippen LogP contribution in [0, 0.1) is 0 Å². The van der Waals surface area contributed by atoms with E-state index >= 15 is 0 Å². The van der Waals surface area contributed by atoms with E-state index in [4.69, 9.17) is 4.98 Å². The van der Waals surface area contributed by atoms with Gasteiger partial charge in [0.05, 0.1) is 18.8 Å². The molecule has 2 rings (SSSR count). The second-order valence-corrected chi connectivity index (χ2v) is 11.2. The van der Waals surface area contributed by atoms with Gasteiger partial charge in [0.2, 0.25) is 0 Å². The van der Waals surface area contributed by atoms with E-state index in [9.17, 15) is 8.42 Å². The Bertz CT molecular complexity index is 740. The van der Waals surface area contributed by atoms with Crippen LogP contribution < -0.4 is 5.32 Å². The number of thioether (sulfide) groups is 1. The van der Waals surface area contributed by atoms with Crippen LogP contribution in [0.4, 0.5) is 0 Å². The number of hydrogen-bond donors (Lipinski definition) is 1. The van der Waals surface area contributed by atoms with Gasteiger partial charge in [0.15, 0.2) is 9.84 Å². The molecule has 0 aliphatic carbocycles. The molecule has 1 aliphatic rings. The smallest absolute Gasteiger partial charge is 0.157 e. The van der Waals surface area contributed by atoms with Gasteiger partial charge < -0.3 is 5.32 Å². The van der Waals surface area contributed by atoms with Gasteiger partial charge in [-0.3, -0.25) is 9.89 Å². The maximum Gasteiger partial charge on any atom is 0.157 e. The molecule has 9 heteroatoms. The third-order valence-corrected chi connectivity index (χ3v) is 7.79. The van der Waals surface area contributed by atoms with Crippen LogP contribution in [0.15, 0.2) is 23.0 Å². The van der Waals surface area contributed by atoms with Gasteiger partial charge >= 0.3 is 0 Å². The molecule has 1 saturated heterocycles. The zero-order valence-corrected chi connectivity index (χ0v) is 19.3. The van der Waals surface area contributed by atoms with Gasteiger partial charge in [-0.05, 0) is 39.3 Å². The van der Waals surface area contributed by atoms with E-state index in [1.165, 1.54) is 37.2 Å². The van der Waals surface area contributed by atoms with E-state index in [0.717, 1.165) is 23.7 Å². The highest BCUT2D eigenvalue weighted by atomic mass is 32.2. The number of nitrogens with one attached hydrogen (secondary N) is 1. The maximum atomic E-state index is 12.1. The van der Waals surface area contributed by atoms with Crippen molar-refractivity contribution in [2.75, 3.05) is 38.2 Å². The van der Waals surface area contributed by atoms with Crippen LogP contribution in [0.3, 0.4) is 0 Å². The Hall–Kier alpha value is -0.900. The molecule has 1 aromatic heterocycles. The second-order valence-electron chi connectivity index (χ2n) is 6.91. The summed E-state index contributed by atoms with van der Waals surface area (Å²) < 4.78 is 24.1. The fraction of sp³-hybridized carbons (Fsp3) is 0.684. The van der Waals surface area contributed by atoms with Crippen molar-refractivity contribution in [3.05, 3.63) is 28.7 Å². The van der Waals surface area contributed by atoms with Crippen LogP contribution in [0.2, 0.25) is 0 Å². The molecule has 1 N–H and O–H groups in total. The summed E-state index contributed by atoms with van der Waals surface area (Å²) in [5.41, 5.74) is 1.13. The van der Waals surface area contributed by atoms with E-state index in [-0.39, 0.29) is 0 Å². The zero-order valence-electron chi connectivity index (χ0n) is 16.9. The standard InChI is InChI=1S/C19H32N4O2S3/c1-4-8-17(28(3,24)25)19(20-5-2)21-9-12-26-14-16-15-27-18(22-16)13-23-10-6-7-11-23/h4,15,17H,1,5-14H2,2-3H3,(H,20,21). The molecule has 1 fully saturated rings. The van der Waals surface area contributed by atoms with E-state index in [1.807, 2.05) is 6.92 Å². The quantitative estimate of drug-likeness (QED) is 0.231. The average molecular weight is 445 g/mol. The van der Waals surface area contributed by atoms with Crippen molar-refractivity contribution in [1.29, 1.82) is 0 Å². The number of nitrogens with zero attached hydrogens (tertiary/aromatic N) is 3. The fourth-order valence-electron chi connectivity index (χ4n) is 3.12. The monoisotopic (exact) mass is 444 g/mol. The zero-order chi connectivity index (χ0) is 20.4. The normalized spacial score (nSPS) is 17.0. The minimum atomic E-state index is -3.23. The molecule has 0 saturated carbocycles. The topological polar surface area (TPSA) is 74.7 Å².